The molecule has 0 aromatic carbocycles. The first-order valence-corrected chi connectivity index (χ1v) is 9.45. The molecule has 0 saturated heterocycles. The summed E-state index contributed by atoms with van der Waals surface area (Å²) < 4.78 is 0.796. The van der Waals surface area contributed by atoms with Crippen LogP contribution in [0.1, 0.15) is 6.42 Å². The number of anilines is 1. The standard InChI is InChI=1S/C18H16BrN7O/c19-11-6-23-18-15(25-17(26-18)10-4-21-7-22-5-10)14(11)24-13-9-2-1-8(3-9)12(13)16(20)27/h1-2,4-9,12-13H,3H2,(H2,20,27)(H2,23,24,25,26)/t8-,9-,12+,13-/m1/s1. The molecule has 2 aliphatic rings. The second-order valence-corrected chi connectivity index (χ2v) is 7.79. The van der Waals surface area contributed by atoms with Crippen molar-refractivity contribution in [1.82, 2.24) is 24.9 Å². The Balaban J connectivity index is 1.57. The fourth-order valence-corrected chi connectivity index (χ4v) is 4.62. The zero-order valence-electron chi connectivity index (χ0n) is 14.1. The monoisotopic (exact) mass is 425 g/mol. The van der Waals surface area contributed by atoms with Gasteiger partial charge in [-0.2, -0.15) is 0 Å². The fraction of sp³-hybridized carbons (Fsp3) is 0.278. The molecule has 3 aromatic rings. The smallest absolute Gasteiger partial charge is 0.223 e. The van der Waals surface area contributed by atoms with Crippen molar-refractivity contribution in [3.05, 3.63) is 41.5 Å². The maximum atomic E-state index is 12.0. The fourth-order valence-electron chi connectivity index (χ4n) is 4.21. The minimum atomic E-state index is -0.266. The van der Waals surface area contributed by atoms with Gasteiger partial charge < -0.3 is 16.0 Å². The number of hydrogen-bond acceptors (Lipinski definition) is 6. The van der Waals surface area contributed by atoms with Crippen LogP contribution in [0.4, 0.5) is 5.69 Å². The number of rotatable bonds is 4. The number of nitrogens with one attached hydrogen (secondary N) is 2. The molecule has 136 valence electrons. The predicted molar refractivity (Wildman–Crippen MR) is 103 cm³/mol. The van der Waals surface area contributed by atoms with Crippen LogP contribution in [0.15, 0.2) is 41.5 Å². The van der Waals surface area contributed by atoms with Gasteiger partial charge >= 0.3 is 0 Å². The minimum absolute atomic E-state index is 0.0498. The van der Waals surface area contributed by atoms with E-state index in [-0.39, 0.29) is 29.7 Å². The topological polar surface area (TPSA) is 122 Å². The molecule has 1 amide bonds. The van der Waals surface area contributed by atoms with Crippen LogP contribution >= 0.6 is 15.9 Å². The molecule has 4 atom stereocenters. The molecule has 0 unspecified atom stereocenters. The van der Waals surface area contributed by atoms with Crippen LogP contribution < -0.4 is 11.1 Å². The van der Waals surface area contributed by atoms with E-state index in [1.807, 2.05) is 0 Å². The number of nitrogens with two attached hydrogens (primary N) is 1. The number of fused-ring (bicyclic) bond motifs is 3. The number of imidazole rings is 1. The maximum Gasteiger partial charge on any atom is 0.223 e. The molecule has 4 N–H and O–H groups in total. The number of allylic oxidation sites excluding steroid dienone is 1. The number of amides is 1. The van der Waals surface area contributed by atoms with Crippen LogP contribution in [0.3, 0.4) is 0 Å². The van der Waals surface area contributed by atoms with Gasteiger partial charge in [-0.05, 0) is 34.2 Å². The van der Waals surface area contributed by atoms with Gasteiger partial charge in [-0.25, -0.2) is 19.9 Å². The molecule has 27 heavy (non-hydrogen) atoms. The van der Waals surface area contributed by atoms with Gasteiger partial charge in [0, 0.05) is 24.6 Å². The third kappa shape index (κ3) is 2.61. The van der Waals surface area contributed by atoms with E-state index < -0.39 is 0 Å². The van der Waals surface area contributed by atoms with Crippen molar-refractivity contribution in [1.29, 1.82) is 0 Å². The lowest BCUT2D eigenvalue weighted by molar-refractivity contribution is -0.122. The highest BCUT2D eigenvalue weighted by Gasteiger charge is 2.47. The van der Waals surface area contributed by atoms with E-state index in [0.29, 0.717) is 11.5 Å². The first-order valence-electron chi connectivity index (χ1n) is 8.65. The van der Waals surface area contributed by atoms with E-state index in [9.17, 15) is 4.79 Å². The molecule has 0 spiro atoms. The molecular formula is C18H16BrN7O. The van der Waals surface area contributed by atoms with E-state index in [1.165, 1.54) is 6.33 Å². The number of aromatic nitrogens is 5. The van der Waals surface area contributed by atoms with Crippen molar-refractivity contribution < 1.29 is 4.79 Å². The SMILES string of the molecule is NC(=O)[C@@H]1[C@H](Nc2c(Br)cnc3nc(-c4cncnc4)[nH]c23)[C@@H]2C=C[C@@H]1C2. The number of H-pyrrole nitrogens is 1. The number of aromatic amines is 1. The highest BCUT2D eigenvalue weighted by Crippen LogP contribution is 2.46. The summed E-state index contributed by atoms with van der Waals surface area (Å²) in [5, 5.41) is 3.54. The van der Waals surface area contributed by atoms with Gasteiger partial charge in [0.1, 0.15) is 17.7 Å². The third-order valence-corrected chi connectivity index (χ3v) is 6.01. The third-order valence-electron chi connectivity index (χ3n) is 5.41. The summed E-state index contributed by atoms with van der Waals surface area (Å²) in [6, 6.07) is -0.0498. The molecule has 1 saturated carbocycles. The van der Waals surface area contributed by atoms with Gasteiger partial charge in [-0.3, -0.25) is 4.79 Å². The lowest BCUT2D eigenvalue weighted by atomic mass is 9.88. The molecule has 2 aliphatic carbocycles. The Labute approximate surface area is 162 Å². The van der Waals surface area contributed by atoms with Crippen molar-refractivity contribution in [3.63, 3.8) is 0 Å². The van der Waals surface area contributed by atoms with E-state index in [0.717, 1.165) is 27.7 Å². The van der Waals surface area contributed by atoms with Gasteiger partial charge in [0.15, 0.2) is 5.65 Å². The molecule has 3 aromatic heterocycles. The van der Waals surface area contributed by atoms with Crippen molar-refractivity contribution in [2.75, 3.05) is 5.32 Å². The molecule has 1 fully saturated rings. The summed E-state index contributed by atoms with van der Waals surface area (Å²) >= 11 is 3.57. The molecule has 2 bridgehead atoms. The Kier molecular flexibility index (Phi) is 3.71. The quantitative estimate of drug-likeness (QED) is 0.550. The summed E-state index contributed by atoms with van der Waals surface area (Å²) in [4.78, 5) is 32.3. The normalized spacial score (nSPS) is 26.0. The number of pyridine rings is 1. The minimum Gasteiger partial charge on any atom is -0.378 e. The van der Waals surface area contributed by atoms with Crippen LogP contribution in [0.25, 0.3) is 22.6 Å². The lowest BCUT2D eigenvalue weighted by Gasteiger charge is -2.28. The molecule has 8 nitrogen and oxygen atoms in total. The maximum absolute atomic E-state index is 12.0. The average molecular weight is 426 g/mol. The van der Waals surface area contributed by atoms with E-state index >= 15 is 0 Å². The van der Waals surface area contributed by atoms with E-state index in [1.54, 1.807) is 18.6 Å². The Morgan fingerprint density at radius 1 is 1.22 bits per heavy atom. The highest BCUT2D eigenvalue weighted by atomic mass is 79.9. The molecule has 0 radical (unpaired) electrons. The van der Waals surface area contributed by atoms with Crippen molar-refractivity contribution in [2.24, 2.45) is 23.5 Å². The number of carbonyl (C=O) groups excluding carboxylic acids is 1. The highest BCUT2D eigenvalue weighted by molar-refractivity contribution is 9.10. The second-order valence-electron chi connectivity index (χ2n) is 6.94. The Hall–Kier alpha value is -2.81. The Morgan fingerprint density at radius 3 is 2.78 bits per heavy atom. The Bertz CT molecular complexity index is 1060. The van der Waals surface area contributed by atoms with E-state index in [2.05, 4.69) is 58.3 Å². The van der Waals surface area contributed by atoms with Gasteiger partial charge in [0.25, 0.3) is 0 Å². The summed E-state index contributed by atoms with van der Waals surface area (Å²) in [6.07, 6.45) is 11.8. The largest absolute Gasteiger partial charge is 0.378 e. The van der Waals surface area contributed by atoms with Crippen LogP contribution in [0.5, 0.6) is 0 Å². The molecule has 5 rings (SSSR count). The van der Waals surface area contributed by atoms with E-state index in [4.69, 9.17) is 5.73 Å². The summed E-state index contributed by atoms with van der Waals surface area (Å²) in [5.74, 6) is 0.642. The molecule has 9 heteroatoms. The average Bonchev–Trinajstić information content (AvgIpc) is 3.38. The van der Waals surface area contributed by atoms with Crippen molar-refractivity contribution in [3.8, 4) is 11.4 Å². The molecular weight excluding hydrogens is 410 g/mol. The van der Waals surface area contributed by atoms with Crippen molar-refractivity contribution >= 4 is 38.7 Å². The van der Waals surface area contributed by atoms with Gasteiger partial charge in [-0.15, -0.1) is 0 Å². The second kappa shape index (κ2) is 6.12. The van der Waals surface area contributed by atoms with Crippen molar-refractivity contribution in [2.45, 2.75) is 12.5 Å². The number of nitrogens with zero attached hydrogens (tertiary/aromatic N) is 4. The van der Waals surface area contributed by atoms with Crippen LogP contribution in [-0.2, 0) is 4.79 Å². The number of carbonyl (C=O) groups is 1. The van der Waals surface area contributed by atoms with Gasteiger partial charge in [0.2, 0.25) is 5.91 Å². The van der Waals surface area contributed by atoms with Crippen LogP contribution in [-0.4, -0.2) is 36.9 Å². The summed E-state index contributed by atoms with van der Waals surface area (Å²) in [5.41, 5.74) is 8.63. The molecule has 3 heterocycles. The summed E-state index contributed by atoms with van der Waals surface area (Å²) in [6.45, 7) is 0. The first kappa shape index (κ1) is 16.4. The number of primary amides is 1. The zero-order chi connectivity index (χ0) is 18.5. The zero-order valence-corrected chi connectivity index (χ0v) is 15.7. The number of hydrogen-bond donors (Lipinski definition) is 3. The van der Waals surface area contributed by atoms with Crippen LogP contribution in [0.2, 0.25) is 0 Å². The Morgan fingerprint density at radius 2 is 2.00 bits per heavy atom. The lowest BCUT2D eigenvalue weighted by Crippen LogP contribution is -2.41. The molecule has 0 aliphatic heterocycles. The van der Waals surface area contributed by atoms with Gasteiger partial charge in [-0.1, -0.05) is 12.2 Å². The first-order chi connectivity index (χ1) is 13.1. The summed E-state index contributed by atoms with van der Waals surface area (Å²) in [7, 11) is 0. The predicted octanol–water partition coefficient (Wildman–Crippen LogP) is 2.27. The number of halogens is 1. The van der Waals surface area contributed by atoms with Crippen LogP contribution in [0, 0.1) is 17.8 Å². The van der Waals surface area contributed by atoms with Gasteiger partial charge in [0.05, 0.1) is 21.6 Å².